The van der Waals surface area contributed by atoms with Crippen LogP contribution in [0, 0.1) is 5.82 Å². The molecule has 0 saturated heterocycles. The highest BCUT2D eigenvalue weighted by atomic mass is 19.1. The van der Waals surface area contributed by atoms with Gasteiger partial charge in [-0.05, 0) is 23.8 Å². The smallest absolute Gasteiger partial charge is 0.129 e. The van der Waals surface area contributed by atoms with Crippen LogP contribution in [0.25, 0.3) is 10.8 Å². The van der Waals surface area contributed by atoms with Gasteiger partial charge in [-0.25, -0.2) is 4.39 Å². The van der Waals surface area contributed by atoms with Gasteiger partial charge in [0.1, 0.15) is 5.82 Å². The van der Waals surface area contributed by atoms with Crippen molar-refractivity contribution in [2.45, 2.75) is 13.0 Å². The third-order valence-electron chi connectivity index (χ3n) is 2.34. The van der Waals surface area contributed by atoms with Crippen LogP contribution < -0.4 is 0 Å². The van der Waals surface area contributed by atoms with E-state index in [0.29, 0.717) is 5.56 Å². The summed E-state index contributed by atoms with van der Waals surface area (Å²) in [6, 6.07) is 10.6. The number of halogens is 1. The van der Waals surface area contributed by atoms with Gasteiger partial charge in [-0.15, -0.1) is 0 Å². The van der Waals surface area contributed by atoms with Crippen molar-refractivity contribution in [2.75, 3.05) is 0 Å². The standard InChI is InChI=1S/C12H11FO/c1-8(14)12-10-5-3-2-4-9(10)6-7-11(12)13/h2-8,14H,1H3. The Morgan fingerprint density at radius 3 is 2.57 bits per heavy atom. The summed E-state index contributed by atoms with van der Waals surface area (Å²) < 4.78 is 13.4. The second-order valence-corrected chi connectivity index (χ2v) is 3.36. The van der Waals surface area contributed by atoms with Gasteiger partial charge in [-0.1, -0.05) is 30.3 Å². The highest BCUT2D eigenvalue weighted by Crippen LogP contribution is 2.26. The Hall–Kier alpha value is -1.41. The molecule has 72 valence electrons. The van der Waals surface area contributed by atoms with E-state index < -0.39 is 6.10 Å². The number of rotatable bonds is 1. The van der Waals surface area contributed by atoms with Crippen LogP contribution in [0.3, 0.4) is 0 Å². The van der Waals surface area contributed by atoms with E-state index in [0.717, 1.165) is 10.8 Å². The normalized spacial score (nSPS) is 13.1. The van der Waals surface area contributed by atoms with E-state index in [9.17, 15) is 9.50 Å². The molecule has 0 heterocycles. The molecule has 0 amide bonds. The molecule has 0 spiro atoms. The predicted molar refractivity (Wildman–Crippen MR) is 54.5 cm³/mol. The van der Waals surface area contributed by atoms with Crippen LogP contribution >= 0.6 is 0 Å². The van der Waals surface area contributed by atoms with Crippen molar-refractivity contribution in [1.29, 1.82) is 0 Å². The van der Waals surface area contributed by atoms with Gasteiger partial charge in [0.25, 0.3) is 0 Å². The van der Waals surface area contributed by atoms with E-state index in [-0.39, 0.29) is 5.82 Å². The molecule has 0 bridgehead atoms. The molecule has 1 nitrogen and oxygen atoms in total. The van der Waals surface area contributed by atoms with Crippen LogP contribution in [-0.2, 0) is 0 Å². The Morgan fingerprint density at radius 2 is 1.86 bits per heavy atom. The van der Waals surface area contributed by atoms with Crippen molar-refractivity contribution in [2.24, 2.45) is 0 Å². The first-order valence-corrected chi connectivity index (χ1v) is 4.55. The van der Waals surface area contributed by atoms with E-state index in [1.54, 1.807) is 13.0 Å². The topological polar surface area (TPSA) is 20.2 Å². The van der Waals surface area contributed by atoms with E-state index in [1.807, 2.05) is 24.3 Å². The summed E-state index contributed by atoms with van der Waals surface area (Å²) in [5.41, 5.74) is 0.378. The van der Waals surface area contributed by atoms with Crippen molar-refractivity contribution in [1.82, 2.24) is 0 Å². The van der Waals surface area contributed by atoms with Crippen LogP contribution in [0.4, 0.5) is 4.39 Å². The minimum atomic E-state index is -0.777. The maximum absolute atomic E-state index is 13.4. The highest BCUT2D eigenvalue weighted by Gasteiger charge is 2.11. The fourth-order valence-electron chi connectivity index (χ4n) is 1.69. The van der Waals surface area contributed by atoms with Crippen molar-refractivity contribution < 1.29 is 9.50 Å². The van der Waals surface area contributed by atoms with Gasteiger partial charge in [0.05, 0.1) is 6.10 Å². The van der Waals surface area contributed by atoms with E-state index in [1.165, 1.54) is 6.07 Å². The van der Waals surface area contributed by atoms with Crippen molar-refractivity contribution >= 4 is 10.8 Å². The number of aliphatic hydroxyl groups is 1. The molecule has 2 aromatic rings. The maximum atomic E-state index is 13.4. The lowest BCUT2D eigenvalue weighted by atomic mass is 10.0. The molecule has 0 aliphatic carbocycles. The van der Waals surface area contributed by atoms with Crippen LogP contribution in [0.2, 0.25) is 0 Å². The van der Waals surface area contributed by atoms with Gasteiger partial charge in [0, 0.05) is 5.56 Å². The van der Waals surface area contributed by atoms with E-state index in [2.05, 4.69) is 0 Å². The molecule has 0 aliphatic heterocycles. The first-order valence-electron chi connectivity index (χ1n) is 4.55. The summed E-state index contributed by atoms with van der Waals surface area (Å²) in [4.78, 5) is 0. The Morgan fingerprint density at radius 1 is 1.14 bits per heavy atom. The zero-order valence-corrected chi connectivity index (χ0v) is 7.87. The molecular weight excluding hydrogens is 179 g/mol. The predicted octanol–water partition coefficient (Wildman–Crippen LogP) is 3.03. The lowest BCUT2D eigenvalue weighted by Crippen LogP contribution is -1.96. The van der Waals surface area contributed by atoms with Crippen LogP contribution in [0.1, 0.15) is 18.6 Å². The largest absolute Gasteiger partial charge is 0.389 e. The third kappa shape index (κ3) is 1.38. The summed E-state index contributed by atoms with van der Waals surface area (Å²) in [5, 5.41) is 11.2. The number of benzene rings is 2. The second-order valence-electron chi connectivity index (χ2n) is 3.36. The van der Waals surface area contributed by atoms with Gasteiger partial charge in [-0.2, -0.15) is 0 Å². The quantitative estimate of drug-likeness (QED) is 0.732. The summed E-state index contributed by atoms with van der Waals surface area (Å²) in [5.74, 6) is -0.348. The van der Waals surface area contributed by atoms with Crippen LogP contribution in [0.5, 0.6) is 0 Å². The first kappa shape index (κ1) is 9.16. The van der Waals surface area contributed by atoms with E-state index in [4.69, 9.17) is 0 Å². The Balaban J connectivity index is 2.83. The number of aliphatic hydroxyl groups excluding tert-OH is 1. The van der Waals surface area contributed by atoms with Crippen LogP contribution in [0.15, 0.2) is 36.4 Å². The van der Waals surface area contributed by atoms with Gasteiger partial charge in [0.2, 0.25) is 0 Å². The molecule has 1 atom stereocenters. The Bertz CT molecular complexity index is 463. The zero-order valence-electron chi connectivity index (χ0n) is 7.87. The summed E-state index contributed by atoms with van der Waals surface area (Å²) in [6.45, 7) is 1.57. The average molecular weight is 190 g/mol. The molecule has 0 saturated carbocycles. The molecule has 2 rings (SSSR count). The van der Waals surface area contributed by atoms with Gasteiger partial charge in [0.15, 0.2) is 0 Å². The summed E-state index contributed by atoms with van der Waals surface area (Å²) in [7, 11) is 0. The van der Waals surface area contributed by atoms with Crippen LogP contribution in [-0.4, -0.2) is 5.11 Å². The lowest BCUT2D eigenvalue weighted by molar-refractivity contribution is 0.196. The summed E-state index contributed by atoms with van der Waals surface area (Å²) in [6.07, 6.45) is -0.777. The van der Waals surface area contributed by atoms with Crippen molar-refractivity contribution in [3.63, 3.8) is 0 Å². The van der Waals surface area contributed by atoms with Crippen molar-refractivity contribution in [3.05, 3.63) is 47.8 Å². The summed E-state index contributed by atoms with van der Waals surface area (Å²) >= 11 is 0. The van der Waals surface area contributed by atoms with Crippen molar-refractivity contribution in [3.8, 4) is 0 Å². The Labute approximate surface area is 81.8 Å². The molecule has 0 radical (unpaired) electrons. The maximum Gasteiger partial charge on any atom is 0.129 e. The molecule has 2 heteroatoms. The second kappa shape index (κ2) is 3.39. The van der Waals surface area contributed by atoms with Gasteiger partial charge >= 0.3 is 0 Å². The average Bonchev–Trinajstić information content (AvgIpc) is 2.17. The number of hydrogen-bond acceptors (Lipinski definition) is 1. The van der Waals surface area contributed by atoms with Gasteiger partial charge in [-0.3, -0.25) is 0 Å². The molecule has 0 aliphatic rings. The first-order chi connectivity index (χ1) is 6.70. The third-order valence-corrected chi connectivity index (χ3v) is 2.34. The molecule has 0 fully saturated rings. The highest BCUT2D eigenvalue weighted by molar-refractivity contribution is 5.86. The Kier molecular flexibility index (Phi) is 2.22. The number of hydrogen-bond donors (Lipinski definition) is 1. The molecule has 1 N–H and O–H groups in total. The van der Waals surface area contributed by atoms with E-state index >= 15 is 0 Å². The molecule has 0 aromatic heterocycles. The molecule has 1 unspecified atom stereocenters. The molecule has 14 heavy (non-hydrogen) atoms. The fourth-order valence-corrected chi connectivity index (χ4v) is 1.69. The minimum absolute atomic E-state index is 0.348. The molecular formula is C12H11FO. The fraction of sp³-hybridized carbons (Fsp3) is 0.167. The molecule has 2 aromatic carbocycles. The van der Waals surface area contributed by atoms with Gasteiger partial charge < -0.3 is 5.11 Å². The number of fused-ring (bicyclic) bond motifs is 1. The monoisotopic (exact) mass is 190 g/mol. The zero-order chi connectivity index (χ0) is 10.1. The minimum Gasteiger partial charge on any atom is -0.389 e. The SMILES string of the molecule is CC(O)c1c(F)ccc2ccccc12. The lowest BCUT2D eigenvalue weighted by Gasteiger charge is -2.10.